The summed E-state index contributed by atoms with van der Waals surface area (Å²) in [5.41, 5.74) is -0.423. The van der Waals surface area contributed by atoms with E-state index in [4.69, 9.17) is 14.2 Å². The highest BCUT2D eigenvalue weighted by atomic mass is 16.6. The van der Waals surface area contributed by atoms with Crippen LogP contribution < -0.4 is 4.90 Å². The maximum atomic E-state index is 14.9. The third-order valence-corrected chi connectivity index (χ3v) is 9.26. The fraction of sp³-hybridized carbons (Fsp3) is 0.265. The molecule has 1 spiro atoms. The zero-order chi connectivity index (χ0) is 31.7. The first-order chi connectivity index (χ1) is 21.7. The van der Waals surface area contributed by atoms with Crippen LogP contribution in [0, 0.1) is 11.8 Å². The largest absolute Gasteiger partial charge is 0.466 e. The summed E-state index contributed by atoms with van der Waals surface area (Å²) in [6.07, 6.45) is 0. The molecule has 5 atom stereocenters. The number of ether oxygens (including phenoxy) is 3. The van der Waals surface area contributed by atoms with Crippen molar-refractivity contribution in [2.75, 3.05) is 19.1 Å². The first-order valence-corrected chi connectivity index (χ1v) is 14.4. The van der Waals surface area contributed by atoms with Gasteiger partial charge in [-0.3, -0.25) is 19.3 Å². The Morgan fingerprint density at radius 1 is 0.800 bits per heavy atom. The number of anilines is 1. The van der Waals surface area contributed by atoms with E-state index in [-0.39, 0.29) is 12.1 Å². The summed E-state index contributed by atoms with van der Waals surface area (Å²) in [6, 6.07) is 25.2. The Kier molecular flexibility index (Phi) is 6.41. The van der Waals surface area contributed by atoms with Crippen molar-refractivity contribution in [3.63, 3.8) is 0 Å². The summed E-state index contributed by atoms with van der Waals surface area (Å²) in [5.74, 6) is -8.95. The highest BCUT2D eigenvalue weighted by Gasteiger charge is 2.88. The van der Waals surface area contributed by atoms with Crippen LogP contribution in [0.1, 0.15) is 24.1 Å². The number of imide groups is 1. The molecule has 3 aromatic rings. The second kappa shape index (κ2) is 10.1. The lowest BCUT2D eigenvalue weighted by Gasteiger charge is -2.55. The Balaban J connectivity index is 1.55. The number of carbonyl (C=O) groups is 5. The molecule has 3 aromatic carbocycles. The van der Waals surface area contributed by atoms with Crippen molar-refractivity contribution in [1.29, 1.82) is 0 Å². The van der Waals surface area contributed by atoms with E-state index in [0.29, 0.717) is 16.9 Å². The molecule has 4 heterocycles. The highest BCUT2D eigenvalue weighted by molar-refractivity contribution is 6.28. The monoisotopic (exact) mass is 607 g/mol. The number of amides is 3. The van der Waals surface area contributed by atoms with Gasteiger partial charge >= 0.3 is 11.9 Å². The number of benzene rings is 3. The molecule has 45 heavy (non-hydrogen) atoms. The Labute approximate surface area is 258 Å². The summed E-state index contributed by atoms with van der Waals surface area (Å²) < 4.78 is 17.1. The van der Waals surface area contributed by atoms with Crippen LogP contribution in [0.25, 0.3) is 0 Å². The lowest BCUT2D eigenvalue weighted by molar-refractivity contribution is -0.226. The summed E-state index contributed by atoms with van der Waals surface area (Å²) in [4.78, 5) is 75.2. The van der Waals surface area contributed by atoms with Crippen LogP contribution in [0.5, 0.6) is 0 Å². The van der Waals surface area contributed by atoms with Gasteiger partial charge in [0.2, 0.25) is 17.7 Å². The van der Waals surface area contributed by atoms with Gasteiger partial charge in [0.1, 0.15) is 11.8 Å². The Bertz CT molecular complexity index is 1780. The average molecular weight is 608 g/mol. The molecule has 0 aliphatic carbocycles. The zero-order valence-electron chi connectivity index (χ0n) is 24.7. The minimum Gasteiger partial charge on any atom is -0.466 e. The molecule has 4 aliphatic heterocycles. The SMILES string of the molecule is COC(=O)C1=C(C)N(Cc2ccccc2)[C@]23OC(C(=O)OC)(C(=O)N2C1c1ccccc1)[C@H]1C(=O)N(c2ccccc2)C(=O)[C@H]13. The maximum Gasteiger partial charge on any atom is 0.349 e. The fourth-order valence-corrected chi connectivity index (χ4v) is 7.45. The van der Waals surface area contributed by atoms with Gasteiger partial charge in [0.25, 0.3) is 11.5 Å². The maximum absolute atomic E-state index is 14.9. The normalized spacial score (nSPS) is 28.4. The van der Waals surface area contributed by atoms with Gasteiger partial charge in [-0.25, -0.2) is 14.5 Å². The number of rotatable bonds is 6. The summed E-state index contributed by atoms with van der Waals surface area (Å²) >= 11 is 0. The van der Waals surface area contributed by atoms with E-state index in [0.717, 1.165) is 17.6 Å². The van der Waals surface area contributed by atoms with E-state index in [1.54, 1.807) is 72.5 Å². The molecule has 0 saturated carbocycles. The third kappa shape index (κ3) is 3.58. The predicted octanol–water partition coefficient (Wildman–Crippen LogP) is 2.93. The molecule has 0 radical (unpaired) electrons. The molecule has 7 rings (SSSR count). The molecule has 2 bridgehead atoms. The summed E-state index contributed by atoms with van der Waals surface area (Å²) in [5, 5.41) is 0. The highest BCUT2D eigenvalue weighted by Crippen LogP contribution is 2.66. The Morgan fingerprint density at radius 3 is 1.98 bits per heavy atom. The lowest BCUT2D eigenvalue weighted by atomic mass is 9.73. The second-order valence-electron chi connectivity index (χ2n) is 11.3. The van der Waals surface area contributed by atoms with E-state index in [9.17, 15) is 24.0 Å². The van der Waals surface area contributed by atoms with Gasteiger partial charge < -0.3 is 19.1 Å². The average Bonchev–Trinajstić information content (AvgIpc) is 3.64. The van der Waals surface area contributed by atoms with Gasteiger partial charge in [0.05, 0.1) is 31.5 Å². The van der Waals surface area contributed by atoms with Crippen LogP contribution in [-0.2, 0) is 44.7 Å². The first kappa shape index (κ1) is 28.5. The molecule has 0 N–H and O–H groups in total. The molecule has 4 aliphatic rings. The molecule has 3 saturated heterocycles. The number of fused-ring (bicyclic) bond motifs is 3. The third-order valence-electron chi connectivity index (χ3n) is 9.26. The van der Waals surface area contributed by atoms with Crippen molar-refractivity contribution in [1.82, 2.24) is 9.80 Å². The molecular formula is C34H29N3O8. The number of carbonyl (C=O) groups excluding carboxylic acids is 5. The minimum absolute atomic E-state index is 0.0612. The van der Waals surface area contributed by atoms with Crippen molar-refractivity contribution in [3.8, 4) is 0 Å². The van der Waals surface area contributed by atoms with Gasteiger partial charge in [-0.2, -0.15) is 0 Å². The smallest absolute Gasteiger partial charge is 0.349 e. The quantitative estimate of drug-likeness (QED) is 0.237. The summed E-state index contributed by atoms with van der Waals surface area (Å²) in [6.45, 7) is 1.75. The molecule has 3 fully saturated rings. The number of nitrogens with zero attached hydrogens (tertiary/aromatic N) is 3. The topological polar surface area (TPSA) is 123 Å². The molecular weight excluding hydrogens is 578 g/mol. The van der Waals surface area contributed by atoms with E-state index < -0.39 is 59.0 Å². The van der Waals surface area contributed by atoms with Crippen molar-refractivity contribution in [2.45, 2.75) is 31.0 Å². The minimum atomic E-state index is -2.50. The molecule has 11 heteroatoms. The van der Waals surface area contributed by atoms with Crippen molar-refractivity contribution < 1.29 is 38.2 Å². The van der Waals surface area contributed by atoms with Gasteiger partial charge in [-0.05, 0) is 30.2 Å². The molecule has 3 amide bonds. The number of allylic oxidation sites excluding steroid dienone is 1. The molecule has 0 aromatic heterocycles. The Morgan fingerprint density at radius 2 is 1.38 bits per heavy atom. The van der Waals surface area contributed by atoms with E-state index in [1.807, 2.05) is 30.3 Å². The van der Waals surface area contributed by atoms with Crippen molar-refractivity contribution >= 4 is 35.3 Å². The van der Waals surface area contributed by atoms with Crippen LogP contribution in [-0.4, -0.2) is 65.1 Å². The van der Waals surface area contributed by atoms with Crippen LogP contribution in [0.4, 0.5) is 5.69 Å². The fourth-order valence-electron chi connectivity index (χ4n) is 7.45. The van der Waals surface area contributed by atoms with Gasteiger partial charge in [-0.1, -0.05) is 78.9 Å². The van der Waals surface area contributed by atoms with Crippen LogP contribution in [0.2, 0.25) is 0 Å². The van der Waals surface area contributed by atoms with Crippen LogP contribution in [0.3, 0.4) is 0 Å². The first-order valence-electron chi connectivity index (χ1n) is 14.4. The number of hydrogen-bond donors (Lipinski definition) is 0. The van der Waals surface area contributed by atoms with Gasteiger partial charge in [0, 0.05) is 12.2 Å². The van der Waals surface area contributed by atoms with Crippen molar-refractivity contribution in [2.24, 2.45) is 11.8 Å². The van der Waals surface area contributed by atoms with Gasteiger partial charge in [0.15, 0.2) is 0 Å². The second-order valence-corrected chi connectivity index (χ2v) is 11.3. The van der Waals surface area contributed by atoms with E-state index in [1.165, 1.54) is 12.0 Å². The van der Waals surface area contributed by atoms with Crippen LogP contribution >= 0.6 is 0 Å². The Hall–Kier alpha value is -5.29. The standard InChI is InChI=1S/C34H29N3O8/c1-20-24(30(40)43-2)27(22-15-9-5-10-16-22)37-31(41)33(32(42)44-3)25-26(29(39)36(28(25)38)23-17-11-6-12-18-23)34(37,45-33)35(20)19-21-13-7-4-8-14-21/h4-18,25-27H,19H2,1-3H3/t25-,26+,27?,33?,34+/m1/s1. The lowest BCUT2D eigenvalue weighted by Crippen LogP contribution is -2.70. The van der Waals surface area contributed by atoms with Crippen molar-refractivity contribution in [3.05, 3.63) is 113 Å². The number of para-hydroxylation sites is 1. The zero-order valence-corrected chi connectivity index (χ0v) is 24.7. The number of piperidine rings is 1. The number of esters is 2. The van der Waals surface area contributed by atoms with E-state index in [2.05, 4.69) is 0 Å². The van der Waals surface area contributed by atoms with Gasteiger partial charge in [-0.15, -0.1) is 0 Å². The van der Waals surface area contributed by atoms with Crippen LogP contribution in [0.15, 0.2) is 102 Å². The van der Waals surface area contributed by atoms with E-state index >= 15 is 0 Å². The number of hydrogen-bond acceptors (Lipinski definition) is 9. The predicted molar refractivity (Wildman–Crippen MR) is 157 cm³/mol. The molecule has 11 nitrogen and oxygen atoms in total. The molecule has 228 valence electrons. The number of methoxy groups -OCH3 is 2. The summed E-state index contributed by atoms with van der Waals surface area (Å²) in [7, 11) is 2.34. The molecule has 2 unspecified atom stereocenters.